The number of aliphatic hydroxyl groups excluding tert-OH is 1. The lowest BCUT2D eigenvalue weighted by atomic mass is 9.92. The van der Waals surface area contributed by atoms with E-state index in [1.165, 1.54) is 31.5 Å². The third-order valence-corrected chi connectivity index (χ3v) is 5.56. The molecule has 1 saturated heterocycles. The van der Waals surface area contributed by atoms with Crippen molar-refractivity contribution in [3.8, 4) is 0 Å². The number of aliphatic hydroxyl groups is 1. The first-order chi connectivity index (χ1) is 9.69. The van der Waals surface area contributed by atoms with Crippen molar-refractivity contribution in [2.75, 3.05) is 19.7 Å². The van der Waals surface area contributed by atoms with Crippen LogP contribution in [0.5, 0.6) is 0 Å². The van der Waals surface area contributed by atoms with Gasteiger partial charge in [0, 0.05) is 13.1 Å². The van der Waals surface area contributed by atoms with Gasteiger partial charge in [-0.2, -0.15) is 0 Å². The Hall–Kier alpha value is -0.860. The summed E-state index contributed by atoms with van der Waals surface area (Å²) in [6.07, 6.45) is 2.79. The van der Waals surface area contributed by atoms with Gasteiger partial charge < -0.3 is 5.11 Å². The maximum absolute atomic E-state index is 9.80. The minimum absolute atomic E-state index is 0.194. The van der Waals surface area contributed by atoms with Crippen LogP contribution in [-0.4, -0.2) is 29.7 Å². The Bertz CT molecular complexity index is 416. The van der Waals surface area contributed by atoms with Crippen LogP contribution in [0.2, 0.25) is 0 Å². The van der Waals surface area contributed by atoms with Gasteiger partial charge in [0.1, 0.15) is 0 Å². The van der Waals surface area contributed by atoms with Crippen LogP contribution >= 0.6 is 0 Å². The summed E-state index contributed by atoms with van der Waals surface area (Å²) in [7, 11) is 0. The molecule has 20 heavy (non-hydrogen) atoms. The van der Waals surface area contributed by atoms with Crippen molar-refractivity contribution in [1.29, 1.82) is 0 Å². The Balaban J connectivity index is 1.66. The molecule has 0 amide bonds. The first kappa shape index (κ1) is 14.1. The van der Waals surface area contributed by atoms with Crippen molar-refractivity contribution >= 4 is 0 Å². The minimum atomic E-state index is 0.194. The molecule has 2 heteroatoms. The Morgan fingerprint density at radius 1 is 1.10 bits per heavy atom. The van der Waals surface area contributed by atoms with Gasteiger partial charge in [-0.25, -0.2) is 0 Å². The summed E-state index contributed by atoms with van der Waals surface area (Å²) in [6.45, 7) is 7.31. The Morgan fingerprint density at radius 2 is 1.70 bits per heavy atom. The van der Waals surface area contributed by atoms with E-state index in [-0.39, 0.29) is 12.6 Å². The number of benzene rings is 1. The van der Waals surface area contributed by atoms with E-state index in [0.29, 0.717) is 0 Å². The van der Waals surface area contributed by atoms with Crippen LogP contribution in [-0.2, 0) is 0 Å². The number of nitrogens with zero attached hydrogens (tertiary/aromatic N) is 1. The van der Waals surface area contributed by atoms with Gasteiger partial charge in [-0.1, -0.05) is 44.2 Å². The average Bonchev–Trinajstić information content (AvgIpc) is 2.99. The summed E-state index contributed by atoms with van der Waals surface area (Å²) in [5, 5.41) is 9.80. The summed E-state index contributed by atoms with van der Waals surface area (Å²) < 4.78 is 0. The number of fused-ring (bicyclic) bond motifs is 1. The van der Waals surface area contributed by atoms with Gasteiger partial charge in [0.2, 0.25) is 0 Å². The molecule has 1 aliphatic carbocycles. The van der Waals surface area contributed by atoms with E-state index < -0.39 is 0 Å². The number of rotatable bonds is 4. The second-order valence-electron chi connectivity index (χ2n) is 7.06. The van der Waals surface area contributed by atoms with Crippen LogP contribution in [0, 0.1) is 23.7 Å². The van der Waals surface area contributed by atoms with Gasteiger partial charge in [0.15, 0.2) is 0 Å². The van der Waals surface area contributed by atoms with Gasteiger partial charge in [-0.05, 0) is 42.1 Å². The molecule has 1 aliphatic heterocycles. The van der Waals surface area contributed by atoms with Crippen LogP contribution in [0.3, 0.4) is 0 Å². The smallest absolute Gasteiger partial charge is 0.0628 e. The summed E-state index contributed by atoms with van der Waals surface area (Å²) in [6, 6.07) is 10.7. The molecule has 1 aromatic carbocycles. The molecule has 0 bridgehead atoms. The lowest BCUT2D eigenvalue weighted by Gasteiger charge is -2.28. The van der Waals surface area contributed by atoms with E-state index in [2.05, 4.69) is 43.0 Å². The Kier molecular flexibility index (Phi) is 4.13. The fraction of sp³-hybridized carbons (Fsp3) is 0.667. The van der Waals surface area contributed by atoms with Gasteiger partial charge in [-0.3, -0.25) is 4.90 Å². The van der Waals surface area contributed by atoms with Crippen molar-refractivity contribution < 1.29 is 5.11 Å². The van der Waals surface area contributed by atoms with Crippen molar-refractivity contribution in [3.63, 3.8) is 0 Å². The molecule has 110 valence electrons. The molecule has 1 heterocycles. The second kappa shape index (κ2) is 5.87. The molecule has 2 fully saturated rings. The van der Waals surface area contributed by atoms with Gasteiger partial charge >= 0.3 is 0 Å². The number of hydrogen-bond acceptors (Lipinski definition) is 2. The molecule has 3 unspecified atom stereocenters. The Labute approximate surface area is 122 Å². The zero-order chi connectivity index (χ0) is 14.1. The third-order valence-electron chi connectivity index (χ3n) is 5.56. The summed E-state index contributed by atoms with van der Waals surface area (Å²) >= 11 is 0. The van der Waals surface area contributed by atoms with Crippen LogP contribution in [0.4, 0.5) is 0 Å². The number of hydrogen-bond donors (Lipinski definition) is 1. The molecule has 1 saturated carbocycles. The zero-order valence-electron chi connectivity index (χ0n) is 12.7. The van der Waals surface area contributed by atoms with Crippen molar-refractivity contribution in [2.45, 2.75) is 32.7 Å². The van der Waals surface area contributed by atoms with Gasteiger partial charge in [0.05, 0.1) is 12.6 Å². The average molecular weight is 273 g/mol. The summed E-state index contributed by atoms with van der Waals surface area (Å²) in [5.74, 6) is 3.48. The molecule has 3 rings (SSSR count). The lowest BCUT2D eigenvalue weighted by molar-refractivity contribution is 0.135. The maximum Gasteiger partial charge on any atom is 0.0628 e. The molecule has 0 spiro atoms. The predicted octanol–water partition coefficient (Wildman–Crippen LogP) is 3.33. The second-order valence-corrected chi connectivity index (χ2v) is 7.06. The molecular weight excluding hydrogens is 246 g/mol. The van der Waals surface area contributed by atoms with Crippen molar-refractivity contribution in [3.05, 3.63) is 35.9 Å². The Morgan fingerprint density at radius 3 is 2.20 bits per heavy atom. The highest BCUT2D eigenvalue weighted by molar-refractivity contribution is 5.19. The fourth-order valence-electron chi connectivity index (χ4n) is 4.29. The fourth-order valence-corrected chi connectivity index (χ4v) is 4.29. The minimum Gasteiger partial charge on any atom is -0.394 e. The highest BCUT2D eigenvalue weighted by atomic mass is 16.3. The maximum atomic E-state index is 9.80. The quantitative estimate of drug-likeness (QED) is 0.909. The largest absolute Gasteiger partial charge is 0.394 e. The molecular formula is C18H27NO. The van der Waals surface area contributed by atoms with E-state index in [1.807, 2.05) is 6.07 Å². The monoisotopic (exact) mass is 273 g/mol. The van der Waals surface area contributed by atoms with E-state index in [4.69, 9.17) is 0 Å². The van der Waals surface area contributed by atoms with Crippen LogP contribution < -0.4 is 0 Å². The third kappa shape index (κ3) is 2.64. The van der Waals surface area contributed by atoms with E-state index in [9.17, 15) is 5.11 Å². The molecule has 0 aromatic heterocycles. The summed E-state index contributed by atoms with van der Waals surface area (Å²) in [5.41, 5.74) is 1.26. The zero-order valence-corrected chi connectivity index (χ0v) is 12.7. The standard InChI is InChI=1S/C18H27NO/c1-13(2)15-8-16-10-19(11-17(16)9-15)18(12-20)14-6-4-3-5-7-14/h3-7,13,15-18,20H,8-12H2,1-2H3. The van der Waals surface area contributed by atoms with E-state index >= 15 is 0 Å². The normalized spacial score (nSPS) is 31.7. The first-order valence-corrected chi connectivity index (χ1v) is 8.09. The highest BCUT2D eigenvalue weighted by Crippen LogP contribution is 2.46. The molecule has 1 N–H and O–H groups in total. The van der Waals surface area contributed by atoms with Crippen LogP contribution in [0.15, 0.2) is 30.3 Å². The SMILES string of the molecule is CC(C)C1CC2CN(C(CO)c3ccccc3)CC2C1. The van der Waals surface area contributed by atoms with Crippen LogP contribution in [0.25, 0.3) is 0 Å². The predicted molar refractivity (Wildman–Crippen MR) is 82.4 cm³/mol. The highest BCUT2D eigenvalue weighted by Gasteiger charge is 2.43. The van der Waals surface area contributed by atoms with Crippen molar-refractivity contribution in [1.82, 2.24) is 4.90 Å². The molecule has 2 aliphatic rings. The van der Waals surface area contributed by atoms with Gasteiger partial charge in [0.25, 0.3) is 0 Å². The lowest BCUT2D eigenvalue weighted by Crippen LogP contribution is -2.30. The topological polar surface area (TPSA) is 23.5 Å². The molecule has 0 radical (unpaired) electrons. The molecule has 2 nitrogen and oxygen atoms in total. The molecule has 1 aromatic rings. The summed E-state index contributed by atoms with van der Waals surface area (Å²) in [4.78, 5) is 2.52. The molecule has 3 atom stereocenters. The first-order valence-electron chi connectivity index (χ1n) is 8.09. The van der Waals surface area contributed by atoms with Crippen molar-refractivity contribution in [2.24, 2.45) is 23.7 Å². The number of likely N-dealkylation sites (tertiary alicyclic amines) is 1. The van der Waals surface area contributed by atoms with Crippen LogP contribution in [0.1, 0.15) is 38.3 Å². The van der Waals surface area contributed by atoms with E-state index in [0.717, 1.165) is 23.7 Å². The van der Waals surface area contributed by atoms with Gasteiger partial charge in [-0.15, -0.1) is 0 Å². The van der Waals surface area contributed by atoms with E-state index in [1.54, 1.807) is 0 Å².